The second-order valence-electron chi connectivity index (χ2n) is 4.24. The summed E-state index contributed by atoms with van der Waals surface area (Å²) >= 11 is 1.35. The maximum absolute atomic E-state index is 11.8. The Kier molecular flexibility index (Phi) is 3.97. The van der Waals surface area contributed by atoms with E-state index in [1.807, 2.05) is 30.3 Å². The molecule has 0 aliphatic carbocycles. The fourth-order valence-corrected chi connectivity index (χ4v) is 2.48. The number of nitrogens with zero attached hydrogens (tertiary/aromatic N) is 5. The number of hydrogen-bond acceptors (Lipinski definition) is 6. The number of nitrogens with one attached hydrogen (secondary N) is 1. The number of benzene rings is 1. The van der Waals surface area contributed by atoms with Gasteiger partial charge >= 0.3 is 0 Å². The molecule has 1 aromatic carbocycles. The maximum Gasteiger partial charge on any atom is 0.228 e. The van der Waals surface area contributed by atoms with Gasteiger partial charge in [-0.1, -0.05) is 41.7 Å². The van der Waals surface area contributed by atoms with Gasteiger partial charge in [-0.3, -0.25) is 9.48 Å². The molecule has 7 nitrogen and oxygen atoms in total. The Bertz CT molecular complexity index is 709. The minimum Gasteiger partial charge on any atom is -0.300 e. The molecule has 106 valence electrons. The van der Waals surface area contributed by atoms with Crippen LogP contribution in [0, 0.1) is 0 Å². The molecule has 1 amide bonds. The van der Waals surface area contributed by atoms with E-state index in [1.54, 1.807) is 11.0 Å². The molecule has 0 aliphatic heterocycles. The largest absolute Gasteiger partial charge is 0.300 e. The van der Waals surface area contributed by atoms with E-state index in [-0.39, 0.29) is 5.91 Å². The van der Waals surface area contributed by atoms with Crippen molar-refractivity contribution in [3.05, 3.63) is 43.0 Å². The first-order valence-corrected chi connectivity index (χ1v) is 7.14. The predicted octanol–water partition coefficient (Wildman–Crippen LogP) is 1.83. The van der Waals surface area contributed by atoms with Gasteiger partial charge in [-0.05, 0) is 0 Å². The summed E-state index contributed by atoms with van der Waals surface area (Å²) in [5, 5.41) is 16.0. The van der Waals surface area contributed by atoms with Gasteiger partial charge in [0.15, 0.2) is 0 Å². The number of amides is 1. The molecule has 3 aromatic rings. The normalized spacial score (nSPS) is 10.5. The Labute approximate surface area is 124 Å². The van der Waals surface area contributed by atoms with Crippen LogP contribution < -0.4 is 5.32 Å². The van der Waals surface area contributed by atoms with Crippen LogP contribution in [0.4, 0.5) is 5.13 Å². The highest BCUT2D eigenvalue weighted by atomic mass is 32.1. The quantitative estimate of drug-likeness (QED) is 0.777. The minimum absolute atomic E-state index is 0.124. The summed E-state index contributed by atoms with van der Waals surface area (Å²) < 4.78 is 1.61. The van der Waals surface area contributed by atoms with Gasteiger partial charge in [-0.15, -0.1) is 10.2 Å². The zero-order chi connectivity index (χ0) is 14.5. The second kappa shape index (κ2) is 6.23. The molecule has 0 bridgehead atoms. The number of aryl methyl sites for hydroxylation is 1. The molecule has 0 unspecified atom stereocenters. The fourth-order valence-electron chi connectivity index (χ4n) is 1.72. The van der Waals surface area contributed by atoms with Gasteiger partial charge in [-0.2, -0.15) is 5.10 Å². The lowest BCUT2D eigenvalue weighted by atomic mass is 10.2. The van der Waals surface area contributed by atoms with Crippen LogP contribution in [-0.2, 0) is 11.3 Å². The van der Waals surface area contributed by atoms with Crippen LogP contribution in [0.15, 0.2) is 43.0 Å². The average Bonchev–Trinajstić information content (AvgIpc) is 3.17. The highest BCUT2D eigenvalue weighted by Gasteiger charge is 2.09. The van der Waals surface area contributed by atoms with Gasteiger partial charge in [-0.25, -0.2) is 4.98 Å². The Morgan fingerprint density at radius 1 is 1.24 bits per heavy atom. The van der Waals surface area contributed by atoms with Gasteiger partial charge in [0.05, 0.1) is 6.54 Å². The van der Waals surface area contributed by atoms with Crippen LogP contribution in [0.2, 0.25) is 0 Å². The average molecular weight is 300 g/mol. The Hall–Kier alpha value is -2.61. The van der Waals surface area contributed by atoms with Crippen LogP contribution >= 0.6 is 11.3 Å². The van der Waals surface area contributed by atoms with Crippen LogP contribution in [0.1, 0.15) is 6.42 Å². The highest BCUT2D eigenvalue weighted by molar-refractivity contribution is 7.18. The van der Waals surface area contributed by atoms with Crippen LogP contribution in [-0.4, -0.2) is 30.9 Å². The summed E-state index contributed by atoms with van der Waals surface area (Å²) in [5.74, 6) is -0.124. The van der Waals surface area contributed by atoms with E-state index in [4.69, 9.17) is 0 Å². The molecule has 1 N–H and O–H groups in total. The van der Waals surface area contributed by atoms with Crippen molar-refractivity contribution in [1.29, 1.82) is 0 Å². The van der Waals surface area contributed by atoms with Crippen molar-refractivity contribution in [1.82, 2.24) is 25.0 Å². The summed E-state index contributed by atoms with van der Waals surface area (Å²) in [6.45, 7) is 0.482. The molecule has 8 heteroatoms. The lowest BCUT2D eigenvalue weighted by Crippen LogP contribution is -2.14. The zero-order valence-electron chi connectivity index (χ0n) is 11.0. The number of hydrogen-bond donors (Lipinski definition) is 1. The van der Waals surface area contributed by atoms with Crippen LogP contribution in [0.3, 0.4) is 0 Å². The molecule has 2 heterocycles. The summed E-state index contributed by atoms with van der Waals surface area (Å²) in [6.07, 6.45) is 3.32. The van der Waals surface area contributed by atoms with E-state index >= 15 is 0 Å². The number of rotatable bonds is 5. The van der Waals surface area contributed by atoms with E-state index in [0.29, 0.717) is 18.1 Å². The standard InChI is InChI=1S/C13H12N6OS/c20-11(6-7-19-9-14-8-15-19)16-13-18-17-12(21-13)10-4-2-1-3-5-10/h1-5,8-9H,6-7H2,(H,16,18,20). The van der Waals surface area contributed by atoms with Gasteiger partial charge in [0, 0.05) is 12.0 Å². The third kappa shape index (κ3) is 3.48. The molecule has 0 atom stereocenters. The molecule has 0 spiro atoms. The van der Waals surface area contributed by atoms with Crippen molar-refractivity contribution in [3.63, 3.8) is 0 Å². The first kappa shape index (κ1) is 13.4. The highest BCUT2D eigenvalue weighted by Crippen LogP contribution is 2.25. The van der Waals surface area contributed by atoms with Crippen LogP contribution in [0.25, 0.3) is 10.6 Å². The predicted molar refractivity (Wildman–Crippen MR) is 78.6 cm³/mol. The third-order valence-electron chi connectivity index (χ3n) is 2.73. The Balaban J connectivity index is 1.58. The molecule has 21 heavy (non-hydrogen) atoms. The molecule has 2 aromatic heterocycles. The van der Waals surface area contributed by atoms with Crippen LogP contribution in [0.5, 0.6) is 0 Å². The number of aromatic nitrogens is 5. The Morgan fingerprint density at radius 3 is 2.86 bits per heavy atom. The van der Waals surface area contributed by atoms with Crippen molar-refractivity contribution in [3.8, 4) is 10.6 Å². The van der Waals surface area contributed by atoms with Gasteiger partial charge in [0.25, 0.3) is 0 Å². The van der Waals surface area contributed by atoms with Crippen molar-refractivity contribution in [2.45, 2.75) is 13.0 Å². The van der Waals surface area contributed by atoms with Crippen molar-refractivity contribution in [2.75, 3.05) is 5.32 Å². The molecule has 0 radical (unpaired) electrons. The summed E-state index contributed by atoms with van der Waals surface area (Å²) in [5.41, 5.74) is 0.984. The third-order valence-corrected chi connectivity index (χ3v) is 3.61. The summed E-state index contributed by atoms with van der Waals surface area (Å²) in [6, 6.07) is 9.73. The lowest BCUT2D eigenvalue weighted by Gasteiger charge is -2.00. The number of carbonyl (C=O) groups excluding carboxylic acids is 1. The molecular formula is C13H12N6OS. The monoisotopic (exact) mass is 300 g/mol. The Morgan fingerprint density at radius 2 is 2.10 bits per heavy atom. The molecule has 0 saturated carbocycles. The molecule has 0 aliphatic rings. The first-order chi connectivity index (χ1) is 10.3. The lowest BCUT2D eigenvalue weighted by molar-refractivity contribution is -0.116. The molecular weight excluding hydrogens is 288 g/mol. The maximum atomic E-state index is 11.8. The zero-order valence-corrected chi connectivity index (χ0v) is 11.8. The van der Waals surface area contributed by atoms with Gasteiger partial charge in [0.1, 0.15) is 17.7 Å². The van der Waals surface area contributed by atoms with E-state index in [1.165, 1.54) is 17.7 Å². The SMILES string of the molecule is O=C(CCn1cncn1)Nc1nnc(-c2ccccc2)s1. The smallest absolute Gasteiger partial charge is 0.228 e. The van der Waals surface area contributed by atoms with Gasteiger partial charge < -0.3 is 5.32 Å². The number of anilines is 1. The van der Waals surface area contributed by atoms with E-state index in [9.17, 15) is 4.79 Å². The topological polar surface area (TPSA) is 85.6 Å². The molecule has 0 fully saturated rings. The van der Waals surface area contributed by atoms with E-state index in [0.717, 1.165) is 10.6 Å². The van der Waals surface area contributed by atoms with E-state index in [2.05, 4.69) is 25.6 Å². The first-order valence-electron chi connectivity index (χ1n) is 6.32. The van der Waals surface area contributed by atoms with Crippen molar-refractivity contribution in [2.24, 2.45) is 0 Å². The number of carbonyl (C=O) groups is 1. The van der Waals surface area contributed by atoms with E-state index < -0.39 is 0 Å². The minimum atomic E-state index is -0.124. The van der Waals surface area contributed by atoms with Gasteiger partial charge in [0.2, 0.25) is 11.0 Å². The summed E-state index contributed by atoms with van der Waals surface area (Å²) in [7, 11) is 0. The fraction of sp³-hybridized carbons (Fsp3) is 0.154. The van der Waals surface area contributed by atoms with Crippen molar-refractivity contribution < 1.29 is 4.79 Å². The second-order valence-corrected chi connectivity index (χ2v) is 5.21. The molecule has 3 rings (SSSR count). The summed E-state index contributed by atoms with van der Waals surface area (Å²) in [4.78, 5) is 15.6. The van der Waals surface area contributed by atoms with Crippen molar-refractivity contribution >= 4 is 22.4 Å². The molecule has 0 saturated heterocycles.